The molecule has 0 amide bonds. The summed E-state index contributed by atoms with van der Waals surface area (Å²) in [5.74, 6) is -1.03. The van der Waals surface area contributed by atoms with Crippen LogP contribution in [0.1, 0.15) is 26.2 Å². The first-order valence-electron chi connectivity index (χ1n) is 5.73. The maximum Gasteiger partial charge on any atom is 0.159 e. The molecule has 0 aromatic carbocycles. The van der Waals surface area contributed by atoms with Gasteiger partial charge in [-0.1, -0.05) is 13.3 Å². The third-order valence-electron chi connectivity index (χ3n) is 2.80. The second-order valence-corrected chi connectivity index (χ2v) is 4.14. The van der Waals surface area contributed by atoms with Gasteiger partial charge in [-0.25, -0.2) is 4.39 Å². The highest BCUT2D eigenvalue weighted by Crippen LogP contribution is 2.28. The van der Waals surface area contributed by atoms with Crippen LogP contribution in [0.25, 0.3) is 0 Å². The number of halogens is 1. The first kappa shape index (κ1) is 14.4. The van der Waals surface area contributed by atoms with Crippen LogP contribution in [0, 0.1) is 0 Å². The predicted molar refractivity (Wildman–Crippen MR) is 57.6 cm³/mol. The highest BCUT2D eigenvalue weighted by Gasteiger charge is 2.42. The lowest BCUT2D eigenvalue weighted by Crippen LogP contribution is -2.53. The van der Waals surface area contributed by atoms with Crippen LogP contribution in [-0.4, -0.2) is 51.4 Å². The number of unbranched alkanes of at least 4 members (excludes halogenated alkanes) is 1. The minimum atomic E-state index is -1.59. The van der Waals surface area contributed by atoms with E-state index in [1.54, 1.807) is 0 Å². The Labute approximate surface area is 99.1 Å². The van der Waals surface area contributed by atoms with Crippen LogP contribution >= 0.6 is 0 Å². The van der Waals surface area contributed by atoms with Crippen LogP contribution in [0.3, 0.4) is 0 Å². The van der Waals surface area contributed by atoms with Crippen LogP contribution in [-0.2, 0) is 4.74 Å². The van der Waals surface area contributed by atoms with E-state index in [4.69, 9.17) is 9.84 Å². The molecule has 0 bridgehead atoms. The molecule has 1 rings (SSSR count). The molecule has 100 valence electrons. The molecule has 0 aromatic heterocycles. The smallest absolute Gasteiger partial charge is 0.159 e. The molecule has 5 nitrogen and oxygen atoms in total. The summed E-state index contributed by atoms with van der Waals surface area (Å²) in [5, 5.41) is 37.4. The molecule has 1 aliphatic rings. The van der Waals surface area contributed by atoms with Crippen LogP contribution < -0.4 is 0 Å². The summed E-state index contributed by atoms with van der Waals surface area (Å²) in [6.45, 7) is 1.33. The minimum Gasteiger partial charge on any atom is -0.484 e. The Morgan fingerprint density at radius 3 is 2.47 bits per heavy atom. The molecule has 1 fully saturated rings. The molecule has 0 saturated carbocycles. The number of ether oxygens (including phenoxy) is 1. The van der Waals surface area contributed by atoms with Gasteiger partial charge in [0.05, 0.1) is 6.61 Å². The highest BCUT2D eigenvalue weighted by atomic mass is 19.1. The van der Waals surface area contributed by atoms with E-state index in [1.165, 1.54) is 0 Å². The van der Waals surface area contributed by atoms with E-state index in [-0.39, 0.29) is 12.2 Å². The van der Waals surface area contributed by atoms with Gasteiger partial charge in [-0.3, -0.25) is 0 Å². The van der Waals surface area contributed by atoms with Crippen molar-refractivity contribution in [2.24, 2.45) is 0 Å². The van der Waals surface area contributed by atoms with Gasteiger partial charge in [0.2, 0.25) is 0 Å². The van der Waals surface area contributed by atoms with Crippen molar-refractivity contribution in [3.8, 4) is 0 Å². The van der Waals surface area contributed by atoms with Crippen molar-refractivity contribution >= 4 is 0 Å². The number of allylic oxidation sites excluding steroid dienone is 1. The Morgan fingerprint density at radius 1 is 1.29 bits per heavy atom. The highest BCUT2D eigenvalue weighted by molar-refractivity contribution is 5.13. The van der Waals surface area contributed by atoms with Gasteiger partial charge in [0, 0.05) is 6.42 Å². The predicted octanol–water partition coefficient (Wildman–Crippen LogP) is -0.169. The first-order chi connectivity index (χ1) is 8.02. The van der Waals surface area contributed by atoms with Gasteiger partial charge in [0.15, 0.2) is 5.76 Å². The SMILES string of the molecule is CCCC/C(F)=C1/O[C@H](CO)[C@@H](O)[C@H](O)[C@H]1O. The van der Waals surface area contributed by atoms with Gasteiger partial charge in [-0.2, -0.15) is 0 Å². The number of rotatable bonds is 4. The molecule has 17 heavy (non-hydrogen) atoms. The average molecular weight is 250 g/mol. The summed E-state index contributed by atoms with van der Waals surface area (Å²) in [5.41, 5.74) is 0. The van der Waals surface area contributed by atoms with Gasteiger partial charge >= 0.3 is 0 Å². The van der Waals surface area contributed by atoms with Gasteiger partial charge in [0.25, 0.3) is 0 Å². The van der Waals surface area contributed by atoms with Crippen molar-refractivity contribution in [2.75, 3.05) is 6.61 Å². The zero-order valence-electron chi connectivity index (χ0n) is 9.71. The van der Waals surface area contributed by atoms with Crippen LogP contribution in [0.15, 0.2) is 11.6 Å². The molecule has 0 aromatic rings. The van der Waals surface area contributed by atoms with E-state index >= 15 is 0 Å². The zero-order chi connectivity index (χ0) is 13.0. The molecule has 1 heterocycles. The minimum absolute atomic E-state index is 0.101. The molecule has 0 unspecified atom stereocenters. The van der Waals surface area contributed by atoms with Crippen molar-refractivity contribution in [1.82, 2.24) is 0 Å². The Morgan fingerprint density at radius 2 is 1.94 bits per heavy atom. The Bertz CT molecular complexity index is 279. The van der Waals surface area contributed by atoms with Crippen molar-refractivity contribution in [3.63, 3.8) is 0 Å². The number of hydrogen-bond acceptors (Lipinski definition) is 5. The fourth-order valence-electron chi connectivity index (χ4n) is 1.69. The molecule has 0 spiro atoms. The fraction of sp³-hybridized carbons (Fsp3) is 0.818. The third-order valence-corrected chi connectivity index (χ3v) is 2.80. The quantitative estimate of drug-likeness (QED) is 0.556. The second-order valence-electron chi connectivity index (χ2n) is 4.14. The van der Waals surface area contributed by atoms with E-state index < -0.39 is 36.8 Å². The largest absolute Gasteiger partial charge is 0.484 e. The lowest BCUT2D eigenvalue weighted by Gasteiger charge is -2.36. The topological polar surface area (TPSA) is 90.2 Å². The van der Waals surface area contributed by atoms with Gasteiger partial charge in [-0.15, -0.1) is 0 Å². The molecule has 6 heteroatoms. The first-order valence-corrected chi connectivity index (χ1v) is 5.73. The number of aliphatic hydroxyl groups excluding tert-OH is 4. The monoisotopic (exact) mass is 250 g/mol. The molecule has 4 atom stereocenters. The lowest BCUT2D eigenvalue weighted by molar-refractivity contribution is -0.167. The Kier molecular flexibility index (Phi) is 5.32. The van der Waals surface area contributed by atoms with E-state index in [1.807, 2.05) is 6.92 Å². The summed E-state index contributed by atoms with van der Waals surface area (Å²) in [6.07, 6.45) is -4.22. The molecule has 1 aliphatic heterocycles. The van der Waals surface area contributed by atoms with Crippen molar-refractivity contribution in [2.45, 2.75) is 50.6 Å². The normalized spacial score (nSPS) is 36.6. The average Bonchev–Trinajstić information content (AvgIpc) is 2.33. The molecule has 1 saturated heterocycles. The standard InChI is InChI=1S/C11H19FO5/c1-2-3-4-6(12)11-10(16)9(15)8(14)7(5-13)17-11/h7-10,13-16H,2-5H2,1H3/b11-6-/t7-,8-,9+,10-/m1/s1. The molecule has 0 aliphatic carbocycles. The summed E-state index contributed by atoms with van der Waals surface area (Å²) in [6, 6.07) is 0. The van der Waals surface area contributed by atoms with Gasteiger partial charge in [0.1, 0.15) is 30.2 Å². The fourth-order valence-corrected chi connectivity index (χ4v) is 1.69. The molecule has 4 N–H and O–H groups in total. The maximum atomic E-state index is 13.7. The summed E-state index contributed by atoms with van der Waals surface area (Å²) in [4.78, 5) is 0. The van der Waals surface area contributed by atoms with E-state index in [0.29, 0.717) is 6.42 Å². The van der Waals surface area contributed by atoms with E-state index in [9.17, 15) is 19.7 Å². The lowest BCUT2D eigenvalue weighted by atomic mass is 9.97. The molecule has 0 radical (unpaired) electrons. The third kappa shape index (κ3) is 3.16. The second kappa shape index (κ2) is 6.30. The van der Waals surface area contributed by atoms with Crippen LogP contribution in [0.2, 0.25) is 0 Å². The number of hydrogen-bond donors (Lipinski definition) is 4. The van der Waals surface area contributed by atoms with Crippen LogP contribution in [0.5, 0.6) is 0 Å². The van der Waals surface area contributed by atoms with Crippen LogP contribution in [0.4, 0.5) is 4.39 Å². The summed E-state index contributed by atoms with van der Waals surface area (Å²) >= 11 is 0. The number of aliphatic hydroxyl groups is 4. The Hall–Kier alpha value is -0.690. The summed E-state index contributed by atoms with van der Waals surface area (Å²) < 4.78 is 18.6. The van der Waals surface area contributed by atoms with Crippen molar-refractivity contribution < 1.29 is 29.6 Å². The molecular formula is C11H19FO5. The van der Waals surface area contributed by atoms with Crippen molar-refractivity contribution in [1.29, 1.82) is 0 Å². The van der Waals surface area contributed by atoms with Gasteiger partial charge < -0.3 is 25.2 Å². The molecular weight excluding hydrogens is 231 g/mol. The van der Waals surface area contributed by atoms with E-state index in [0.717, 1.165) is 6.42 Å². The Balaban J connectivity index is 2.84. The van der Waals surface area contributed by atoms with Gasteiger partial charge in [-0.05, 0) is 6.42 Å². The summed E-state index contributed by atoms with van der Waals surface area (Å²) in [7, 11) is 0. The van der Waals surface area contributed by atoms with E-state index in [2.05, 4.69) is 0 Å². The zero-order valence-corrected chi connectivity index (χ0v) is 9.71. The maximum absolute atomic E-state index is 13.7. The van der Waals surface area contributed by atoms with Crippen molar-refractivity contribution in [3.05, 3.63) is 11.6 Å².